The molecule has 0 bridgehead atoms. The number of fused-ring (bicyclic) bond motifs is 1. The molecule has 1 aliphatic rings. The predicted octanol–water partition coefficient (Wildman–Crippen LogP) is 2.27. The van der Waals surface area contributed by atoms with E-state index in [0.717, 1.165) is 12.8 Å². The highest BCUT2D eigenvalue weighted by atomic mass is 16.5. The van der Waals surface area contributed by atoms with Crippen LogP contribution in [0.2, 0.25) is 0 Å². The van der Waals surface area contributed by atoms with Crippen LogP contribution in [0.15, 0.2) is 42.5 Å². The molecule has 3 amide bonds. The topological polar surface area (TPSA) is 120 Å². The highest BCUT2D eigenvalue weighted by Gasteiger charge is 2.35. The summed E-state index contributed by atoms with van der Waals surface area (Å²) < 4.78 is 16.6. The number of rotatable bonds is 9. The molecule has 0 saturated heterocycles. The number of para-hydroxylation sites is 2. The Morgan fingerprint density at radius 3 is 2.55 bits per heavy atom. The lowest BCUT2D eigenvalue weighted by Crippen LogP contribution is -2.52. The predicted molar refractivity (Wildman–Crippen MR) is 123 cm³/mol. The van der Waals surface area contributed by atoms with Crippen molar-refractivity contribution in [2.24, 2.45) is 5.73 Å². The fraction of sp³-hybridized carbons (Fsp3) is 0.375. The fourth-order valence-corrected chi connectivity index (χ4v) is 3.57. The minimum atomic E-state index is -0.843. The molecule has 0 aromatic heterocycles. The number of carbonyl (C=O) groups is 3. The molecule has 3 N–H and O–H groups in total. The van der Waals surface area contributed by atoms with Crippen LogP contribution in [0, 0.1) is 0 Å². The first-order valence-electron chi connectivity index (χ1n) is 10.8. The maximum atomic E-state index is 13.5. The van der Waals surface area contributed by atoms with Crippen LogP contribution in [0.25, 0.3) is 0 Å². The average molecular weight is 456 g/mol. The molecular weight excluding hydrogens is 426 g/mol. The molecule has 176 valence electrons. The maximum Gasteiger partial charge on any atom is 0.263 e. The van der Waals surface area contributed by atoms with Crippen molar-refractivity contribution in [3.05, 3.63) is 48.0 Å². The van der Waals surface area contributed by atoms with Gasteiger partial charge in [0.25, 0.3) is 17.7 Å². The lowest BCUT2D eigenvalue weighted by molar-refractivity contribution is -0.128. The molecule has 1 unspecified atom stereocenters. The van der Waals surface area contributed by atoms with E-state index in [1.54, 1.807) is 36.4 Å². The second kappa shape index (κ2) is 10.7. The zero-order chi connectivity index (χ0) is 24.0. The third-order valence-electron chi connectivity index (χ3n) is 5.42. The molecule has 0 aliphatic carbocycles. The summed E-state index contributed by atoms with van der Waals surface area (Å²) in [7, 11) is 1.43. The van der Waals surface area contributed by atoms with E-state index in [4.69, 9.17) is 19.9 Å². The molecule has 3 rings (SSSR count). The number of methoxy groups -OCH3 is 1. The first kappa shape index (κ1) is 23.9. The standard InChI is InChI=1S/C24H29N3O6/c1-4-16(5-2)26-23(29)21-13-27(17-8-6-7-9-18(17)33-21)24(30)15-10-11-19(20(12-15)31-3)32-14-22(25)28/h6-12,16,21H,4-5,13-14H2,1-3H3,(H2,25,28)(H,26,29). The molecule has 9 nitrogen and oxygen atoms in total. The van der Waals surface area contributed by atoms with Gasteiger partial charge in [-0.15, -0.1) is 0 Å². The number of benzene rings is 2. The van der Waals surface area contributed by atoms with E-state index < -0.39 is 12.0 Å². The molecule has 33 heavy (non-hydrogen) atoms. The fourth-order valence-electron chi connectivity index (χ4n) is 3.57. The SMILES string of the molecule is CCC(CC)NC(=O)C1CN(C(=O)c2ccc(OCC(N)=O)c(OC)c2)c2ccccc2O1. The second-order valence-electron chi connectivity index (χ2n) is 7.63. The van der Waals surface area contributed by atoms with Gasteiger partial charge in [-0.1, -0.05) is 26.0 Å². The summed E-state index contributed by atoms with van der Waals surface area (Å²) in [6, 6.07) is 11.8. The second-order valence-corrected chi connectivity index (χ2v) is 7.63. The Labute approximate surface area is 192 Å². The van der Waals surface area contributed by atoms with Crippen molar-refractivity contribution in [2.75, 3.05) is 25.2 Å². The Hall–Kier alpha value is -3.75. The van der Waals surface area contributed by atoms with Crippen molar-refractivity contribution in [3.63, 3.8) is 0 Å². The molecular formula is C24H29N3O6. The van der Waals surface area contributed by atoms with Crippen molar-refractivity contribution >= 4 is 23.4 Å². The van der Waals surface area contributed by atoms with Gasteiger partial charge in [-0.3, -0.25) is 14.4 Å². The van der Waals surface area contributed by atoms with Crippen molar-refractivity contribution in [1.82, 2.24) is 5.32 Å². The van der Waals surface area contributed by atoms with E-state index in [1.165, 1.54) is 18.1 Å². The van der Waals surface area contributed by atoms with Gasteiger partial charge in [-0.25, -0.2) is 0 Å². The molecule has 1 atom stereocenters. The number of hydrogen-bond acceptors (Lipinski definition) is 6. The van der Waals surface area contributed by atoms with Crippen LogP contribution in [0.4, 0.5) is 5.69 Å². The molecule has 0 saturated carbocycles. The van der Waals surface area contributed by atoms with Crippen LogP contribution in [-0.2, 0) is 9.59 Å². The normalized spacial score (nSPS) is 14.8. The van der Waals surface area contributed by atoms with Crippen LogP contribution in [-0.4, -0.2) is 50.1 Å². The smallest absolute Gasteiger partial charge is 0.263 e. The third kappa shape index (κ3) is 5.54. The van der Waals surface area contributed by atoms with Gasteiger partial charge in [0, 0.05) is 11.6 Å². The number of amides is 3. The van der Waals surface area contributed by atoms with Crippen LogP contribution in [0.3, 0.4) is 0 Å². The summed E-state index contributed by atoms with van der Waals surface area (Å²) in [5.74, 6) is -0.186. The largest absolute Gasteiger partial charge is 0.493 e. The van der Waals surface area contributed by atoms with Crippen molar-refractivity contribution in [3.8, 4) is 17.2 Å². The van der Waals surface area contributed by atoms with E-state index >= 15 is 0 Å². The Morgan fingerprint density at radius 1 is 1.15 bits per heavy atom. The molecule has 2 aromatic rings. The Kier molecular flexibility index (Phi) is 7.76. The number of primary amides is 1. The number of carbonyl (C=O) groups excluding carboxylic acids is 3. The van der Waals surface area contributed by atoms with Crippen LogP contribution in [0.5, 0.6) is 17.2 Å². The van der Waals surface area contributed by atoms with Crippen molar-refractivity contribution in [1.29, 1.82) is 0 Å². The average Bonchev–Trinajstić information content (AvgIpc) is 2.84. The van der Waals surface area contributed by atoms with Gasteiger partial charge >= 0.3 is 0 Å². The lowest BCUT2D eigenvalue weighted by Gasteiger charge is -2.34. The van der Waals surface area contributed by atoms with E-state index in [1.807, 2.05) is 13.8 Å². The molecule has 1 aliphatic heterocycles. The summed E-state index contributed by atoms with van der Waals surface area (Å²) in [5, 5.41) is 2.99. The number of ether oxygens (including phenoxy) is 3. The van der Waals surface area contributed by atoms with E-state index in [2.05, 4.69) is 5.32 Å². The molecule has 0 fully saturated rings. The maximum absolute atomic E-state index is 13.5. The highest BCUT2D eigenvalue weighted by molar-refractivity contribution is 6.08. The number of hydrogen-bond donors (Lipinski definition) is 2. The number of nitrogens with two attached hydrogens (primary N) is 1. The highest BCUT2D eigenvalue weighted by Crippen LogP contribution is 2.35. The van der Waals surface area contributed by atoms with E-state index in [-0.39, 0.29) is 42.5 Å². The minimum Gasteiger partial charge on any atom is -0.493 e. The van der Waals surface area contributed by atoms with Gasteiger partial charge in [-0.2, -0.15) is 0 Å². The van der Waals surface area contributed by atoms with Gasteiger partial charge in [0.2, 0.25) is 0 Å². The Balaban J connectivity index is 1.88. The van der Waals surface area contributed by atoms with Crippen molar-refractivity contribution < 1.29 is 28.6 Å². The number of nitrogens with zero attached hydrogens (tertiary/aromatic N) is 1. The molecule has 1 heterocycles. The van der Waals surface area contributed by atoms with Gasteiger partial charge in [0.05, 0.1) is 19.3 Å². The zero-order valence-corrected chi connectivity index (χ0v) is 19.0. The summed E-state index contributed by atoms with van der Waals surface area (Å²) in [5.41, 5.74) is 6.03. The van der Waals surface area contributed by atoms with Gasteiger partial charge in [-0.05, 0) is 43.2 Å². The number of anilines is 1. The molecule has 2 aromatic carbocycles. The van der Waals surface area contributed by atoms with E-state index in [9.17, 15) is 14.4 Å². The summed E-state index contributed by atoms with van der Waals surface area (Å²) in [6.07, 6.45) is 0.764. The van der Waals surface area contributed by atoms with Gasteiger partial charge in [0.15, 0.2) is 24.2 Å². The summed E-state index contributed by atoms with van der Waals surface area (Å²) >= 11 is 0. The van der Waals surface area contributed by atoms with Crippen LogP contribution >= 0.6 is 0 Å². The zero-order valence-electron chi connectivity index (χ0n) is 19.0. The summed E-state index contributed by atoms with van der Waals surface area (Å²) in [4.78, 5) is 38.9. The Bertz CT molecular complexity index is 1020. The van der Waals surface area contributed by atoms with E-state index in [0.29, 0.717) is 17.0 Å². The minimum absolute atomic E-state index is 0.0413. The monoisotopic (exact) mass is 455 g/mol. The van der Waals surface area contributed by atoms with Crippen LogP contribution < -0.4 is 30.2 Å². The Morgan fingerprint density at radius 2 is 1.88 bits per heavy atom. The molecule has 0 radical (unpaired) electrons. The number of nitrogens with one attached hydrogen (secondary N) is 1. The van der Waals surface area contributed by atoms with Gasteiger partial charge < -0.3 is 30.2 Å². The third-order valence-corrected chi connectivity index (χ3v) is 5.42. The first-order chi connectivity index (χ1) is 15.9. The molecule has 9 heteroatoms. The summed E-state index contributed by atoms with van der Waals surface area (Å²) in [6.45, 7) is 3.76. The lowest BCUT2D eigenvalue weighted by atomic mass is 10.1. The van der Waals surface area contributed by atoms with Crippen LogP contribution in [0.1, 0.15) is 37.0 Å². The molecule has 0 spiro atoms. The first-order valence-corrected chi connectivity index (χ1v) is 10.8. The quantitative estimate of drug-likeness (QED) is 0.599. The van der Waals surface area contributed by atoms with Gasteiger partial charge in [0.1, 0.15) is 5.75 Å². The van der Waals surface area contributed by atoms with Crippen molar-refractivity contribution in [2.45, 2.75) is 38.8 Å².